The Hall–Kier alpha value is -1.47. The highest BCUT2D eigenvalue weighted by atomic mass is 16.7. The summed E-state index contributed by atoms with van der Waals surface area (Å²) in [6.45, 7) is 2.61. The maximum Gasteiger partial charge on any atom is 0.309 e. The fourth-order valence-corrected chi connectivity index (χ4v) is 3.95. The Morgan fingerprint density at radius 2 is 2.00 bits per heavy atom. The highest BCUT2D eigenvalue weighted by Gasteiger charge is 2.69. The van der Waals surface area contributed by atoms with Crippen molar-refractivity contribution in [2.75, 3.05) is 20.3 Å². The summed E-state index contributed by atoms with van der Waals surface area (Å²) in [6, 6.07) is 9.80. The topological polar surface area (TPSA) is 63.2 Å². The second-order valence-electron chi connectivity index (χ2n) is 6.39. The quantitative estimate of drug-likeness (QED) is 0.784. The number of carbonyl (C=O) groups excluding carboxylic acids is 1. The molecule has 7 atom stereocenters. The summed E-state index contributed by atoms with van der Waals surface area (Å²) in [6.07, 6.45) is -1.25. The van der Waals surface area contributed by atoms with Crippen molar-refractivity contribution in [2.45, 2.75) is 31.7 Å². The molecule has 0 bridgehead atoms. The van der Waals surface area contributed by atoms with E-state index in [9.17, 15) is 4.79 Å². The van der Waals surface area contributed by atoms with Gasteiger partial charge in [0.1, 0.15) is 6.10 Å². The van der Waals surface area contributed by atoms with E-state index in [2.05, 4.69) is 0 Å². The average molecular weight is 334 g/mol. The van der Waals surface area contributed by atoms with Gasteiger partial charge < -0.3 is 23.7 Å². The molecule has 1 aliphatic carbocycles. The summed E-state index contributed by atoms with van der Waals surface area (Å²) in [7, 11) is 1.60. The van der Waals surface area contributed by atoms with Crippen LogP contribution in [-0.4, -0.2) is 44.8 Å². The van der Waals surface area contributed by atoms with E-state index in [1.807, 2.05) is 37.3 Å². The lowest BCUT2D eigenvalue weighted by atomic mass is 10.0. The van der Waals surface area contributed by atoms with Crippen molar-refractivity contribution in [3.05, 3.63) is 35.9 Å². The molecule has 4 rings (SSSR count). The Kier molecular flexibility index (Phi) is 4.30. The molecule has 6 heteroatoms. The van der Waals surface area contributed by atoms with E-state index in [1.165, 1.54) is 0 Å². The van der Waals surface area contributed by atoms with Gasteiger partial charge in [0.2, 0.25) is 0 Å². The van der Waals surface area contributed by atoms with Crippen LogP contribution in [0.25, 0.3) is 0 Å². The van der Waals surface area contributed by atoms with Gasteiger partial charge in [-0.1, -0.05) is 30.3 Å². The monoisotopic (exact) mass is 334 g/mol. The number of ether oxygens (including phenoxy) is 5. The van der Waals surface area contributed by atoms with Gasteiger partial charge in [-0.15, -0.1) is 0 Å². The second-order valence-corrected chi connectivity index (χ2v) is 6.39. The molecule has 1 aromatic rings. The minimum atomic E-state index is -0.431. The van der Waals surface area contributed by atoms with E-state index in [4.69, 9.17) is 23.7 Å². The van der Waals surface area contributed by atoms with Crippen molar-refractivity contribution in [2.24, 2.45) is 17.8 Å². The van der Waals surface area contributed by atoms with E-state index in [-0.39, 0.29) is 35.9 Å². The van der Waals surface area contributed by atoms with Gasteiger partial charge in [-0.3, -0.25) is 4.79 Å². The standard InChI is InChI=1S/C18H22O6/c1-3-21-16(19)13-12-14(13)18(20-2)23-11-9-22-17(24-15(11)12)10-7-5-4-6-8-10/h4-8,11-15,17-18H,3,9H2,1-2H3/t11-,12-,13-,14-,15-,17+,18+/m1/s1. The lowest BCUT2D eigenvalue weighted by Crippen LogP contribution is -2.49. The van der Waals surface area contributed by atoms with Crippen LogP contribution >= 0.6 is 0 Å². The van der Waals surface area contributed by atoms with Crippen LogP contribution in [0.1, 0.15) is 18.8 Å². The second kappa shape index (κ2) is 6.44. The Morgan fingerprint density at radius 3 is 2.71 bits per heavy atom. The Labute approximate surface area is 141 Å². The van der Waals surface area contributed by atoms with Gasteiger partial charge in [-0.25, -0.2) is 0 Å². The molecule has 3 fully saturated rings. The summed E-state index contributed by atoms with van der Waals surface area (Å²) >= 11 is 0. The summed E-state index contributed by atoms with van der Waals surface area (Å²) in [4.78, 5) is 12.2. The fraction of sp³-hybridized carbons (Fsp3) is 0.611. The molecule has 1 saturated carbocycles. The van der Waals surface area contributed by atoms with Gasteiger partial charge in [-0.2, -0.15) is 0 Å². The number of rotatable bonds is 4. The Bertz CT molecular complexity index is 590. The number of esters is 1. The van der Waals surface area contributed by atoms with E-state index >= 15 is 0 Å². The van der Waals surface area contributed by atoms with E-state index in [0.717, 1.165) is 5.56 Å². The third-order valence-electron chi connectivity index (χ3n) is 5.06. The highest BCUT2D eigenvalue weighted by molar-refractivity contribution is 5.77. The third kappa shape index (κ3) is 2.63. The van der Waals surface area contributed by atoms with Crippen LogP contribution in [-0.2, 0) is 28.5 Å². The largest absolute Gasteiger partial charge is 0.466 e. The van der Waals surface area contributed by atoms with Crippen LogP contribution in [0.2, 0.25) is 0 Å². The zero-order valence-electron chi connectivity index (χ0n) is 13.8. The minimum absolute atomic E-state index is 0.00942. The molecule has 0 spiro atoms. The highest BCUT2D eigenvalue weighted by Crippen LogP contribution is 2.58. The Balaban J connectivity index is 1.52. The Morgan fingerprint density at radius 1 is 1.21 bits per heavy atom. The van der Waals surface area contributed by atoms with Gasteiger partial charge in [0.25, 0.3) is 0 Å². The van der Waals surface area contributed by atoms with Crippen LogP contribution in [0.5, 0.6) is 0 Å². The van der Waals surface area contributed by atoms with Gasteiger partial charge in [0.15, 0.2) is 12.6 Å². The van der Waals surface area contributed by atoms with Crippen LogP contribution < -0.4 is 0 Å². The van der Waals surface area contributed by atoms with Gasteiger partial charge >= 0.3 is 5.97 Å². The van der Waals surface area contributed by atoms with E-state index in [0.29, 0.717) is 13.2 Å². The fourth-order valence-electron chi connectivity index (χ4n) is 3.95. The van der Waals surface area contributed by atoms with E-state index < -0.39 is 12.6 Å². The van der Waals surface area contributed by atoms with Crippen LogP contribution in [0.3, 0.4) is 0 Å². The first-order valence-electron chi connectivity index (χ1n) is 8.41. The molecule has 0 N–H and O–H groups in total. The van der Waals surface area contributed by atoms with Crippen LogP contribution in [0.15, 0.2) is 30.3 Å². The first-order chi connectivity index (χ1) is 11.7. The third-order valence-corrected chi connectivity index (χ3v) is 5.06. The number of methoxy groups -OCH3 is 1. The summed E-state index contributed by atoms with van der Waals surface area (Å²) in [5.74, 6) is -0.364. The van der Waals surface area contributed by atoms with Crippen LogP contribution in [0, 0.1) is 17.8 Å². The van der Waals surface area contributed by atoms with Crippen molar-refractivity contribution in [3.8, 4) is 0 Å². The summed E-state index contributed by atoms with van der Waals surface area (Å²) in [5.41, 5.74) is 0.967. The first kappa shape index (κ1) is 16.0. The molecule has 24 heavy (non-hydrogen) atoms. The zero-order valence-corrected chi connectivity index (χ0v) is 13.8. The molecule has 1 aromatic carbocycles. The molecule has 2 saturated heterocycles. The average Bonchev–Trinajstić information content (AvgIpc) is 3.38. The lowest BCUT2D eigenvalue weighted by molar-refractivity contribution is -0.316. The maximum absolute atomic E-state index is 12.2. The molecule has 0 amide bonds. The molecule has 0 unspecified atom stereocenters. The van der Waals surface area contributed by atoms with Crippen molar-refractivity contribution in [1.82, 2.24) is 0 Å². The number of fused-ring (bicyclic) bond motifs is 3. The summed E-state index contributed by atoms with van der Waals surface area (Å²) in [5, 5.41) is 0. The van der Waals surface area contributed by atoms with E-state index in [1.54, 1.807) is 7.11 Å². The number of hydrogen-bond donors (Lipinski definition) is 0. The predicted octanol–water partition coefficient (Wildman–Crippen LogP) is 1.90. The molecule has 0 aromatic heterocycles. The van der Waals surface area contributed by atoms with Crippen molar-refractivity contribution in [1.29, 1.82) is 0 Å². The van der Waals surface area contributed by atoms with Gasteiger partial charge in [0, 0.05) is 24.5 Å². The number of carbonyl (C=O) groups is 1. The molecular formula is C18H22O6. The van der Waals surface area contributed by atoms with Crippen molar-refractivity contribution < 1.29 is 28.5 Å². The number of hydrogen-bond acceptors (Lipinski definition) is 6. The first-order valence-corrected chi connectivity index (χ1v) is 8.41. The smallest absolute Gasteiger partial charge is 0.309 e. The molecule has 2 aliphatic heterocycles. The van der Waals surface area contributed by atoms with Gasteiger partial charge in [0.05, 0.1) is 25.2 Å². The zero-order chi connectivity index (χ0) is 16.7. The summed E-state index contributed by atoms with van der Waals surface area (Å²) < 4.78 is 28.6. The molecule has 130 valence electrons. The maximum atomic E-state index is 12.2. The SMILES string of the molecule is CCOC(=O)[C@@H]1[C@H]2[C@@H]3O[C@@H](c4ccccc4)OC[C@H]3O[C@H](OC)[C@@H]12. The molecule has 3 aliphatic rings. The van der Waals surface area contributed by atoms with Crippen LogP contribution in [0.4, 0.5) is 0 Å². The number of benzene rings is 1. The molecule has 0 radical (unpaired) electrons. The lowest BCUT2D eigenvalue weighted by Gasteiger charge is -2.41. The normalized spacial score (nSPS) is 40.3. The molecule has 6 nitrogen and oxygen atoms in total. The predicted molar refractivity (Wildman–Crippen MR) is 82.8 cm³/mol. The minimum Gasteiger partial charge on any atom is -0.466 e. The molecule has 2 heterocycles. The van der Waals surface area contributed by atoms with Crippen molar-refractivity contribution in [3.63, 3.8) is 0 Å². The molecular weight excluding hydrogens is 312 g/mol. The van der Waals surface area contributed by atoms with Gasteiger partial charge in [-0.05, 0) is 6.92 Å². The van der Waals surface area contributed by atoms with Crippen molar-refractivity contribution >= 4 is 5.97 Å².